The maximum Gasteiger partial charge on any atom is 0.249 e. The molecule has 4 heterocycles. The van der Waals surface area contributed by atoms with Gasteiger partial charge < -0.3 is 0 Å². The zero-order valence-corrected chi connectivity index (χ0v) is 18.9. The van der Waals surface area contributed by atoms with E-state index in [0.29, 0.717) is 17.8 Å². The molecule has 0 unspecified atom stereocenters. The molecule has 34 heavy (non-hydrogen) atoms. The monoisotopic (exact) mass is 458 g/mol. The van der Waals surface area contributed by atoms with Crippen molar-refractivity contribution < 1.29 is 9.18 Å². The van der Waals surface area contributed by atoms with Crippen molar-refractivity contribution >= 4 is 17.2 Å². The molecule has 0 bridgehead atoms. The van der Waals surface area contributed by atoms with E-state index in [4.69, 9.17) is 4.98 Å². The molecule has 1 amide bonds. The first-order valence-corrected chi connectivity index (χ1v) is 11.5. The largest absolute Gasteiger partial charge is 0.293 e. The minimum atomic E-state index is -1.09. The minimum Gasteiger partial charge on any atom is -0.293 e. The number of fused-ring (bicyclic) bond motifs is 1. The Kier molecular flexibility index (Phi) is 4.20. The van der Waals surface area contributed by atoms with Crippen molar-refractivity contribution in [3.63, 3.8) is 0 Å². The molecule has 2 saturated carbocycles. The summed E-state index contributed by atoms with van der Waals surface area (Å²) in [6.07, 6.45) is 9.42. The summed E-state index contributed by atoms with van der Waals surface area (Å²) in [6.45, 7) is 4.15. The average Bonchev–Trinajstić information content (AvgIpc) is 3.32. The number of nitriles is 2. The van der Waals surface area contributed by atoms with E-state index in [0.717, 1.165) is 31.9 Å². The van der Waals surface area contributed by atoms with Gasteiger partial charge in [-0.25, -0.2) is 13.9 Å². The van der Waals surface area contributed by atoms with E-state index in [2.05, 4.69) is 22.3 Å². The SMILES string of the molecule is C[C@@H]1CN(c2nc(-c3cnn(C4CC(C)(C#N)C4)c3)cn3ncc(F)c23)C(=O)[C@]1(C#N)C1CC1. The van der Waals surface area contributed by atoms with Crippen LogP contribution in [0, 0.1) is 51.1 Å². The second-order valence-electron chi connectivity index (χ2n) is 10.3. The lowest BCUT2D eigenvalue weighted by molar-refractivity contribution is -0.124. The first kappa shape index (κ1) is 20.8. The number of aromatic nitrogens is 5. The maximum absolute atomic E-state index is 14.8. The van der Waals surface area contributed by atoms with Crippen LogP contribution in [0.4, 0.5) is 10.2 Å². The second-order valence-corrected chi connectivity index (χ2v) is 10.3. The van der Waals surface area contributed by atoms with Crippen molar-refractivity contribution in [2.45, 2.75) is 45.6 Å². The highest BCUT2D eigenvalue weighted by atomic mass is 19.1. The number of rotatable bonds is 4. The molecule has 0 N–H and O–H groups in total. The molecule has 1 aliphatic heterocycles. The third-order valence-corrected chi connectivity index (χ3v) is 7.84. The fourth-order valence-corrected chi connectivity index (χ4v) is 5.70. The molecule has 1 saturated heterocycles. The lowest BCUT2D eigenvalue weighted by Crippen LogP contribution is -2.37. The van der Waals surface area contributed by atoms with Crippen molar-refractivity contribution in [3.05, 3.63) is 30.6 Å². The Morgan fingerprint density at radius 3 is 2.59 bits per heavy atom. The predicted octanol–water partition coefficient (Wildman–Crippen LogP) is 3.50. The third kappa shape index (κ3) is 2.75. The van der Waals surface area contributed by atoms with E-state index in [1.165, 1.54) is 9.42 Å². The molecule has 10 heteroatoms. The highest BCUT2D eigenvalue weighted by Gasteiger charge is 2.61. The molecule has 9 nitrogen and oxygen atoms in total. The Balaban J connectivity index is 1.40. The molecule has 3 aliphatic rings. The molecule has 6 rings (SSSR count). The van der Waals surface area contributed by atoms with Crippen LogP contribution in [-0.4, -0.2) is 36.8 Å². The van der Waals surface area contributed by atoms with Crippen LogP contribution in [0.15, 0.2) is 24.8 Å². The summed E-state index contributed by atoms with van der Waals surface area (Å²) in [5.74, 6) is -0.853. The van der Waals surface area contributed by atoms with Crippen LogP contribution in [0.2, 0.25) is 0 Å². The van der Waals surface area contributed by atoms with E-state index < -0.39 is 11.2 Å². The van der Waals surface area contributed by atoms with Gasteiger partial charge in [0.15, 0.2) is 11.6 Å². The summed E-state index contributed by atoms with van der Waals surface area (Å²) in [5, 5.41) is 27.9. The normalized spacial score (nSPS) is 30.9. The fraction of sp³-hybridized carbons (Fsp3) is 0.500. The summed E-state index contributed by atoms with van der Waals surface area (Å²) >= 11 is 0. The van der Waals surface area contributed by atoms with Crippen LogP contribution >= 0.6 is 0 Å². The van der Waals surface area contributed by atoms with Crippen molar-refractivity contribution in [1.82, 2.24) is 24.4 Å². The number of anilines is 1. The first-order valence-electron chi connectivity index (χ1n) is 11.5. The molecule has 0 spiro atoms. The molecule has 0 aromatic carbocycles. The van der Waals surface area contributed by atoms with E-state index in [9.17, 15) is 19.7 Å². The van der Waals surface area contributed by atoms with Gasteiger partial charge >= 0.3 is 0 Å². The van der Waals surface area contributed by atoms with Crippen LogP contribution in [-0.2, 0) is 4.79 Å². The number of hydrogen-bond donors (Lipinski definition) is 0. The molecule has 2 atom stereocenters. The lowest BCUT2D eigenvalue weighted by atomic mass is 9.68. The van der Waals surface area contributed by atoms with Gasteiger partial charge in [-0.2, -0.15) is 20.7 Å². The van der Waals surface area contributed by atoms with E-state index >= 15 is 0 Å². The molecule has 3 aromatic rings. The summed E-state index contributed by atoms with van der Waals surface area (Å²) in [5.41, 5.74) is -0.0909. The molecule has 172 valence electrons. The molecule has 0 radical (unpaired) electrons. The number of halogens is 1. The summed E-state index contributed by atoms with van der Waals surface area (Å²) < 4.78 is 18.0. The zero-order chi connectivity index (χ0) is 23.8. The van der Waals surface area contributed by atoms with Gasteiger partial charge in [0.25, 0.3) is 0 Å². The predicted molar refractivity (Wildman–Crippen MR) is 118 cm³/mol. The van der Waals surface area contributed by atoms with Gasteiger partial charge in [-0.3, -0.25) is 14.4 Å². The van der Waals surface area contributed by atoms with Gasteiger partial charge in [0.05, 0.1) is 47.9 Å². The van der Waals surface area contributed by atoms with Crippen molar-refractivity contribution in [3.8, 4) is 23.4 Å². The smallest absolute Gasteiger partial charge is 0.249 e. The van der Waals surface area contributed by atoms with Crippen molar-refractivity contribution in [2.75, 3.05) is 11.4 Å². The average molecular weight is 459 g/mol. The molecule has 3 aromatic heterocycles. The van der Waals surface area contributed by atoms with E-state index in [1.807, 2.05) is 24.7 Å². The van der Waals surface area contributed by atoms with E-state index in [-0.39, 0.29) is 40.5 Å². The van der Waals surface area contributed by atoms with Crippen LogP contribution in [0.1, 0.15) is 45.6 Å². The summed E-state index contributed by atoms with van der Waals surface area (Å²) in [6, 6.07) is 4.80. The van der Waals surface area contributed by atoms with E-state index in [1.54, 1.807) is 12.4 Å². The van der Waals surface area contributed by atoms with Crippen LogP contribution in [0.25, 0.3) is 16.8 Å². The maximum atomic E-state index is 14.8. The Hall–Kier alpha value is -3.79. The van der Waals surface area contributed by atoms with Gasteiger partial charge in [0.2, 0.25) is 5.91 Å². The van der Waals surface area contributed by atoms with Gasteiger partial charge in [0, 0.05) is 24.2 Å². The summed E-state index contributed by atoms with van der Waals surface area (Å²) in [7, 11) is 0. The Labute approximate surface area is 195 Å². The molecular weight excluding hydrogens is 435 g/mol. The van der Waals surface area contributed by atoms with Crippen LogP contribution in [0.3, 0.4) is 0 Å². The van der Waals surface area contributed by atoms with Crippen LogP contribution < -0.4 is 4.90 Å². The number of nitrogens with zero attached hydrogens (tertiary/aromatic N) is 8. The quantitative estimate of drug-likeness (QED) is 0.591. The summed E-state index contributed by atoms with van der Waals surface area (Å²) in [4.78, 5) is 19.7. The topological polar surface area (TPSA) is 116 Å². The number of carbonyl (C=O) groups is 1. The standard InChI is InChI=1S/C24H23FN8O/c1-14-9-31(22(34)24(14,13-27)16-3-4-16)21-20-18(25)8-29-33(20)11-19(30-21)15-7-28-32(10-15)17-5-23(2,6-17)12-26/h7-8,10-11,14,16-17H,3-6,9H2,1-2H3/t14-,17?,23?,24+/m1/s1. The van der Waals surface area contributed by atoms with Gasteiger partial charge in [-0.05, 0) is 38.5 Å². The Bertz CT molecular complexity index is 1420. The number of amides is 1. The van der Waals surface area contributed by atoms with Gasteiger partial charge in [0.1, 0.15) is 10.9 Å². The second kappa shape index (κ2) is 6.86. The molecular formula is C24H23FN8O. The molecule has 3 fully saturated rings. The molecule has 2 aliphatic carbocycles. The lowest BCUT2D eigenvalue weighted by Gasteiger charge is -2.39. The highest BCUT2D eigenvalue weighted by Crippen LogP contribution is 2.54. The highest BCUT2D eigenvalue weighted by molar-refractivity contribution is 6.04. The van der Waals surface area contributed by atoms with Crippen LogP contribution in [0.5, 0.6) is 0 Å². The van der Waals surface area contributed by atoms with Crippen molar-refractivity contribution in [1.29, 1.82) is 10.5 Å². The Morgan fingerprint density at radius 1 is 1.15 bits per heavy atom. The Morgan fingerprint density at radius 2 is 1.91 bits per heavy atom. The number of carbonyl (C=O) groups excluding carboxylic acids is 1. The fourth-order valence-electron chi connectivity index (χ4n) is 5.70. The minimum absolute atomic E-state index is 0.0405. The van der Waals surface area contributed by atoms with Gasteiger partial charge in [-0.15, -0.1) is 0 Å². The first-order chi connectivity index (χ1) is 16.3. The number of hydrogen-bond acceptors (Lipinski definition) is 6. The van der Waals surface area contributed by atoms with Crippen molar-refractivity contribution in [2.24, 2.45) is 22.7 Å². The zero-order valence-electron chi connectivity index (χ0n) is 18.9. The van der Waals surface area contributed by atoms with Gasteiger partial charge in [-0.1, -0.05) is 6.92 Å². The third-order valence-electron chi connectivity index (χ3n) is 7.84.